The van der Waals surface area contributed by atoms with Crippen molar-refractivity contribution in [2.45, 2.75) is 32.4 Å². The molecule has 0 unspecified atom stereocenters. The zero-order valence-corrected chi connectivity index (χ0v) is 13.9. The van der Waals surface area contributed by atoms with Gasteiger partial charge in [-0.3, -0.25) is 9.67 Å². The maximum atomic E-state index is 12.2. The van der Waals surface area contributed by atoms with Gasteiger partial charge in [-0.05, 0) is 31.0 Å². The predicted octanol–water partition coefficient (Wildman–Crippen LogP) is 1.84. The Labute approximate surface area is 141 Å². The minimum Gasteiger partial charge on any atom is -0.487 e. The van der Waals surface area contributed by atoms with Gasteiger partial charge in [-0.2, -0.15) is 5.10 Å². The Morgan fingerprint density at radius 1 is 1.46 bits per heavy atom. The monoisotopic (exact) mass is 329 g/mol. The number of aryl methyl sites for hydroxylation is 2. The third kappa shape index (κ3) is 4.47. The Kier molecular flexibility index (Phi) is 5.30. The minimum absolute atomic E-state index is 0.0241. The number of carbonyl (C=O) groups is 1. The fraction of sp³-hybridized carbons (Fsp3) is 0.471. The van der Waals surface area contributed by atoms with Crippen LogP contribution in [0.25, 0.3) is 0 Å². The molecule has 1 atom stereocenters. The molecule has 2 amide bonds. The molecule has 0 saturated carbocycles. The second kappa shape index (κ2) is 7.81. The molecule has 0 radical (unpaired) electrons. The summed E-state index contributed by atoms with van der Waals surface area (Å²) in [5.74, 6) is 0.749. The van der Waals surface area contributed by atoms with Gasteiger partial charge in [0, 0.05) is 38.4 Å². The molecule has 24 heavy (non-hydrogen) atoms. The first-order valence-corrected chi connectivity index (χ1v) is 8.29. The van der Waals surface area contributed by atoms with Crippen LogP contribution in [0.4, 0.5) is 4.79 Å². The van der Waals surface area contributed by atoms with E-state index in [1.165, 1.54) is 0 Å². The zero-order valence-electron chi connectivity index (χ0n) is 13.9. The molecule has 3 rings (SSSR count). The number of pyridine rings is 1. The number of hydrogen-bond donors (Lipinski definition) is 1. The number of hydrogen-bond acceptors (Lipinski definition) is 4. The maximum absolute atomic E-state index is 12.2. The number of amides is 2. The van der Waals surface area contributed by atoms with Crippen LogP contribution in [0.3, 0.4) is 0 Å². The van der Waals surface area contributed by atoms with E-state index >= 15 is 0 Å². The van der Waals surface area contributed by atoms with Crippen LogP contribution >= 0.6 is 0 Å². The summed E-state index contributed by atoms with van der Waals surface area (Å²) in [6.07, 6.45) is 8.98. The molecule has 0 bridgehead atoms. The van der Waals surface area contributed by atoms with Crippen molar-refractivity contribution in [1.82, 2.24) is 25.0 Å². The van der Waals surface area contributed by atoms with Crippen molar-refractivity contribution in [3.8, 4) is 5.75 Å². The van der Waals surface area contributed by atoms with E-state index in [-0.39, 0.29) is 12.1 Å². The third-order valence-electron chi connectivity index (χ3n) is 3.97. The Morgan fingerprint density at radius 3 is 3.12 bits per heavy atom. The average Bonchev–Trinajstić information content (AvgIpc) is 3.21. The zero-order chi connectivity index (χ0) is 16.8. The quantitative estimate of drug-likeness (QED) is 0.821. The highest BCUT2D eigenvalue weighted by molar-refractivity contribution is 5.74. The first kappa shape index (κ1) is 16.3. The van der Waals surface area contributed by atoms with Gasteiger partial charge in [0.15, 0.2) is 0 Å². The van der Waals surface area contributed by atoms with Crippen LogP contribution in [0.1, 0.15) is 18.4 Å². The van der Waals surface area contributed by atoms with Crippen LogP contribution in [0.2, 0.25) is 0 Å². The van der Waals surface area contributed by atoms with E-state index in [0.29, 0.717) is 13.1 Å². The summed E-state index contributed by atoms with van der Waals surface area (Å²) in [6, 6.07) is 3.70. The molecule has 1 aliphatic heterocycles. The van der Waals surface area contributed by atoms with Crippen LogP contribution in [-0.2, 0) is 6.54 Å². The molecule has 2 aromatic heterocycles. The Morgan fingerprint density at radius 2 is 2.38 bits per heavy atom. The van der Waals surface area contributed by atoms with Crippen molar-refractivity contribution in [1.29, 1.82) is 0 Å². The largest absolute Gasteiger partial charge is 0.487 e. The topological polar surface area (TPSA) is 72.3 Å². The maximum Gasteiger partial charge on any atom is 0.317 e. The number of carbonyl (C=O) groups excluding carboxylic acids is 1. The average molecular weight is 329 g/mol. The van der Waals surface area contributed by atoms with E-state index in [2.05, 4.69) is 15.4 Å². The van der Waals surface area contributed by atoms with Gasteiger partial charge >= 0.3 is 6.03 Å². The SMILES string of the molecule is Cc1cnn(CCCNC(=O)N2CC[C@@H](Oc3cccnc3)C2)c1. The normalized spacial score (nSPS) is 17.0. The first-order chi connectivity index (χ1) is 11.7. The van der Waals surface area contributed by atoms with E-state index in [1.807, 2.05) is 36.1 Å². The lowest BCUT2D eigenvalue weighted by Gasteiger charge is -2.18. The molecule has 0 spiro atoms. The lowest BCUT2D eigenvalue weighted by Crippen LogP contribution is -2.40. The number of urea groups is 1. The van der Waals surface area contributed by atoms with Crippen molar-refractivity contribution in [3.05, 3.63) is 42.5 Å². The Bertz CT molecular complexity index is 658. The standard InChI is InChI=1S/C17H23N5O2/c1-14-10-20-22(12-14)8-3-7-19-17(23)21-9-5-16(13-21)24-15-4-2-6-18-11-15/h2,4,6,10-12,16H,3,5,7-9,13H2,1H3,(H,19,23)/t16-/m1/s1. The molecule has 1 N–H and O–H groups in total. The molecule has 7 heteroatoms. The summed E-state index contributed by atoms with van der Waals surface area (Å²) in [6.45, 7) is 4.79. The van der Waals surface area contributed by atoms with Crippen molar-refractivity contribution >= 4 is 6.03 Å². The number of ether oxygens (including phenoxy) is 1. The fourth-order valence-corrected chi connectivity index (χ4v) is 2.76. The van der Waals surface area contributed by atoms with E-state index in [0.717, 1.165) is 37.2 Å². The summed E-state index contributed by atoms with van der Waals surface area (Å²) in [4.78, 5) is 18.0. The number of aromatic nitrogens is 3. The van der Waals surface area contributed by atoms with E-state index in [4.69, 9.17) is 4.74 Å². The molecule has 7 nitrogen and oxygen atoms in total. The Balaban J connectivity index is 1.35. The second-order valence-electron chi connectivity index (χ2n) is 6.03. The van der Waals surface area contributed by atoms with Gasteiger partial charge in [-0.15, -0.1) is 0 Å². The molecule has 128 valence electrons. The van der Waals surface area contributed by atoms with Gasteiger partial charge in [0.1, 0.15) is 11.9 Å². The highest BCUT2D eigenvalue weighted by Crippen LogP contribution is 2.17. The number of nitrogens with one attached hydrogen (secondary N) is 1. The van der Waals surface area contributed by atoms with Crippen molar-refractivity contribution in [3.63, 3.8) is 0 Å². The van der Waals surface area contributed by atoms with Crippen molar-refractivity contribution < 1.29 is 9.53 Å². The fourth-order valence-electron chi connectivity index (χ4n) is 2.76. The molecule has 0 aromatic carbocycles. The van der Waals surface area contributed by atoms with Gasteiger partial charge in [0.05, 0.1) is 18.9 Å². The molecule has 1 fully saturated rings. The van der Waals surface area contributed by atoms with Crippen LogP contribution < -0.4 is 10.1 Å². The van der Waals surface area contributed by atoms with Crippen LogP contribution in [0.15, 0.2) is 36.9 Å². The summed E-state index contributed by atoms with van der Waals surface area (Å²) in [7, 11) is 0. The van der Waals surface area contributed by atoms with Crippen LogP contribution in [0.5, 0.6) is 5.75 Å². The van der Waals surface area contributed by atoms with Crippen molar-refractivity contribution in [2.75, 3.05) is 19.6 Å². The molecule has 3 heterocycles. The predicted molar refractivity (Wildman–Crippen MR) is 89.8 cm³/mol. The smallest absolute Gasteiger partial charge is 0.317 e. The third-order valence-corrected chi connectivity index (χ3v) is 3.97. The number of nitrogens with zero attached hydrogens (tertiary/aromatic N) is 4. The van der Waals surface area contributed by atoms with Gasteiger partial charge in [-0.25, -0.2) is 4.79 Å². The van der Waals surface area contributed by atoms with E-state index in [1.54, 1.807) is 17.3 Å². The van der Waals surface area contributed by atoms with Crippen LogP contribution in [0, 0.1) is 6.92 Å². The van der Waals surface area contributed by atoms with E-state index in [9.17, 15) is 4.79 Å². The molecule has 2 aromatic rings. The van der Waals surface area contributed by atoms with Gasteiger partial charge < -0.3 is 15.0 Å². The van der Waals surface area contributed by atoms with Gasteiger partial charge in [0.25, 0.3) is 0 Å². The summed E-state index contributed by atoms with van der Waals surface area (Å²) in [5.41, 5.74) is 1.15. The van der Waals surface area contributed by atoms with Crippen molar-refractivity contribution in [2.24, 2.45) is 0 Å². The van der Waals surface area contributed by atoms with E-state index < -0.39 is 0 Å². The minimum atomic E-state index is -0.0241. The summed E-state index contributed by atoms with van der Waals surface area (Å²) in [5, 5.41) is 7.20. The molecular weight excluding hydrogens is 306 g/mol. The molecule has 0 aliphatic carbocycles. The van der Waals surface area contributed by atoms with Crippen LogP contribution in [-0.4, -0.2) is 51.4 Å². The summed E-state index contributed by atoms with van der Waals surface area (Å²) >= 11 is 0. The lowest BCUT2D eigenvalue weighted by atomic mass is 10.3. The second-order valence-corrected chi connectivity index (χ2v) is 6.03. The molecule has 1 saturated heterocycles. The number of rotatable bonds is 6. The molecular formula is C17H23N5O2. The molecule has 1 aliphatic rings. The van der Waals surface area contributed by atoms with Gasteiger partial charge in [0.2, 0.25) is 0 Å². The number of likely N-dealkylation sites (tertiary alicyclic amines) is 1. The lowest BCUT2D eigenvalue weighted by molar-refractivity contribution is 0.186. The Hall–Kier alpha value is -2.57. The first-order valence-electron chi connectivity index (χ1n) is 8.29. The van der Waals surface area contributed by atoms with Gasteiger partial charge in [-0.1, -0.05) is 0 Å². The highest BCUT2D eigenvalue weighted by Gasteiger charge is 2.27. The summed E-state index contributed by atoms with van der Waals surface area (Å²) < 4.78 is 7.74. The highest BCUT2D eigenvalue weighted by atomic mass is 16.5.